The number of para-hydroxylation sites is 6. The van der Waals surface area contributed by atoms with Gasteiger partial charge < -0.3 is 22.1 Å². The molecule has 3 aliphatic heterocycles. The first-order valence-electron chi connectivity index (χ1n) is 33.5. The van der Waals surface area contributed by atoms with Crippen molar-refractivity contribution in [3.8, 4) is 56.5 Å². The molecule has 9 aromatic carbocycles. The van der Waals surface area contributed by atoms with Crippen molar-refractivity contribution in [2.75, 3.05) is 0 Å². The van der Waals surface area contributed by atoms with Gasteiger partial charge in [-0.2, -0.15) is 13.5 Å². The summed E-state index contributed by atoms with van der Waals surface area (Å²) >= 11 is 0. The molecule has 0 unspecified atom stereocenters. The molecule has 1 radical (unpaired) electrons. The first kappa shape index (κ1) is 71.2. The number of nitrogens with zero attached hydrogens (tertiary/aromatic N) is 9. The van der Waals surface area contributed by atoms with Crippen LogP contribution in [0, 0.1) is 19.6 Å². The number of carbonyl (C=O) groups excluding carboxylic acids is 1. The summed E-state index contributed by atoms with van der Waals surface area (Å²) in [4.78, 5) is 22.7. The SMILES string of the molecule is CC(=O)C=C(C)O.C[C-]=Cc1ccccn1.[CH3-].[Ir].[Pt+2].[c-]1c(-c2ccccn2)cccc1-c1ccccn1.c1cc2c3c(c1)c1ccccc1n1c4ccccc4[n+](c31)C2.c1ccc(-n2c3ccccc3c3cc4c(cc32)C[n+]2ccccc2-4)cc1.c1ccc(-n2cc[n+]3c2-c2ccccc2C3)cc1. The Kier molecular flexibility index (Phi) is 22.3. The van der Waals surface area contributed by atoms with Crippen LogP contribution < -0.4 is 13.7 Å². The average molecular weight is 1700 g/mol. The Balaban J connectivity index is 0.000000121. The van der Waals surface area contributed by atoms with E-state index in [-0.39, 0.29) is 60.1 Å². The molecule has 507 valence electrons. The molecule has 3 aliphatic rings. The number of imidazole rings is 2. The molecule has 11 heterocycles. The van der Waals surface area contributed by atoms with Crippen molar-refractivity contribution in [3.05, 3.63) is 370 Å². The van der Waals surface area contributed by atoms with Gasteiger partial charge in [-0.15, -0.1) is 37.3 Å². The van der Waals surface area contributed by atoms with Gasteiger partial charge in [-0.3, -0.25) is 20.8 Å². The first-order valence-corrected chi connectivity index (χ1v) is 33.5. The number of aliphatic hydroxyl groups excluding tert-OH is 1. The van der Waals surface area contributed by atoms with Crippen molar-refractivity contribution >= 4 is 72.0 Å². The quantitative estimate of drug-likeness (QED) is 0.0587. The maximum Gasteiger partial charge on any atom is 2.00 e. The molecule has 0 saturated heterocycles. The second-order valence-electron chi connectivity index (χ2n) is 24.6. The maximum absolute atomic E-state index is 10.0. The van der Waals surface area contributed by atoms with E-state index < -0.39 is 0 Å². The molecule has 0 atom stereocenters. The number of rotatable bonds is 6. The Morgan fingerprint density at radius 3 is 1.74 bits per heavy atom. The molecule has 13 heteroatoms. The molecular weight excluding hydrogens is 1630 g/mol. The van der Waals surface area contributed by atoms with Gasteiger partial charge in [0.05, 0.1) is 33.3 Å². The minimum absolute atomic E-state index is 0. The van der Waals surface area contributed by atoms with Crippen molar-refractivity contribution in [2.45, 2.75) is 40.4 Å². The van der Waals surface area contributed by atoms with Gasteiger partial charge in [-0.05, 0) is 105 Å². The molecule has 0 spiro atoms. The molecule has 0 saturated carbocycles. The van der Waals surface area contributed by atoms with Crippen molar-refractivity contribution < 1.29 is 64.8 Å². The maximum atomic E-state index is 10.0. The van der Waals surface area contributed by atoms with Gasteiger partial charge in [0.25, 0.3) is 11.5 Å². The first-order chi connectivity index (χ1) is 49.3. The zero-order valence-electron chi connectivity index (χ0n) is 57.3. The second kappa shape index (κ2) is 32.3. The number of fused-ring (bicyclic) bond motifs is 15. The fourth-order valence-corrected chi connectivity index (χ4v) is 13.9. The molecule has 11 nitrogen and oxygen atoms in total. The predicted molar refractivity (Wildman–Crippen MR) is 408 cm³/mol. The Morgan fingerprint density at radius 1 is 0.505 bits per heavy atom. The number of hydrogen-bond acceptors (Lipinski definition) is 5. The van der Waals surface area contributed by atoms with Gasteiger partial charge in [-0.25, -0.2) is 15.2 Å². The summed E-state index contributed by atoms with van der Waals surface area (Å²) in [7, 11) is 0. The molecule has 0 bridgehead atoms. The van der Waals surface area contributed by atoms with E-state index in [0.717, 1.165) is 47.8 Å². The van der Waals surface area contributed by atoms with Gasteiger partial charge >= 0.3 is 21.1 Å². The van der Waals surface area contributed by atoms with Crippen LogP contribution in [-0.4, -0.2) is 39.4 Å². The Labute approximate surface area is 627 Å². The smallest absolute Gasteiger partial charge is 0.512 e. The number of ketones is 1. The minimum atomic E-state index is -0.125. The standard InChI is InChI=1S/C24H17N2.C20H13N2.C16H13N2.C16H11N2.C8H8N.C5H8O2.CH3.Ir.Pt/c1-2-8-18(9-3-1)26-23-12-5-4-10-19(23)21-15-20-17(14-24(21)26)16-25-13-7-6-11-22(20)25;1-2-9-16-14(7-1)15-8-5-6-13-12-21-17-10-3-4-11-18(17)22(16)20(21)19(13)15;1-2-7-14(8-3-1)18-11-10-17-12-13-6-4-5-9-15(13)16(17)18;1-3-10-17-15(8-1)13-6-5-7-14(12-13)16-9-2-4-11-18-16;1-2-5-8-6-3-4-7-9-8;1-4(6)3-5(2)7;;;/h1-15H,16H2;1-11H,12H2;1-11H,12H2;1-11H;3-7H,1H3;3,6H,1-2H3;1H3;;/q3*+1;2*-1;;-1;;+2. The monoisotopic (exact) mass is 1700 g/mol. The van der Waals surface area contributed by atoms with Crippen LogP contribution in [0.25, 0.3) is 123 Å². The van der Waals surface area contributed by atoms with Crippen molar-refractivity contribution in [1.29, 1.82) is 0 Å². The second-order valence-corrected chi connectivity index (χ2v) is 24.6. The third-order valence-corrected chi connectivity index (χ3v) is 18.1. The summed E-state index contributed by atoms with van der Waals surface area (Å²) in [6, 6.07) is 101. The Morgan fingerprint density at radius 2 is 1.08 bits per heavy atom. The number of benzene rings is 9. The zero-order chi connectivity index (χ0) is 67.9. The molecule has 8 aromatic heterocycles. The summed E-state index contributed by atoms with van der Waals surface area (Å²) in [5.41, 5.74) is 23.2. The summed E-state index contributed by atoms with van der Waals surface area (Å²) in [5.74, 6) is 1.21. The number of hydrogen-bond donors (Lipinski definition) is 1. The van der Waals surface area contributed by atoms with Crippen LogP contribution in [0.5, 0.6) is 0 Å². The van der Waals surface area contributed by atoms with E-state index in [2.05, 4.69) is 273 Å². The van der Waals surface area contributed by atoms with E-state index in [0.29, 0.717) is 0 Å². The van der Waals surface area contributed by atoms with Crippen molar-refractivity contribution in [3.63, 3.8) is 0 Å². The summed E-state index contributed by atoms with van der Waals surface area (Å²) < 4.78 is 14.2. The van der Waals surface area contributed by atoms with Gasteiger partial charge in [0.15, 0.2) is 29.6 Å². The van der Waals surface area contributed by atoms with Gasteiger partial charge in [0, 0.05) is 112 Å². The van der Waals surface area contributed by atoms with E-state index >= 15 is 0 Å². The molecule has 20 rings (SSSR count). The van der Waals surface area contributed by atoms with E-state index in [1.54, 1.807) is 18.6 Å². The number of aromatic nitrogens is 9. The Bertz CT molecular complexity index is 5840. The number of allylic oxidation sites excluding steroid dienone is 3. The topological polar surface area (TPSA) is 102 Å². The third kappa shape index (κ3) is 14.7. The van der Waals surface area contributed by atoms with E-state index in [9.17, 15) is 4.79 Å². The normalized spacial score (nSPS) is 11.6. The zero-order valence-corrected chi connectivity index (χ0v) is 62.0. The fraction of sp³-hybridized carbons (Fsp3) is 0.0667. The largest absolute Gasteiger partial charge is 2.00 e. The number of aliphatic hydroxyl groups is 1. The van der Waals surface area contributed by atoms with Crippen LogP contribution in [0.3, 0.4) is 0 Å². The molecule has 17 aromatic rings. The summed E-state index contributed by atoms with van der Waals surface area (Å²) in [6.45, 7) is 7.60. The number of carbonyl (C=O) groups is 1. The molecule has 0 fully saturated rings. The van der Waals surface area contributed by atoms with E-state index in [1.807, 2.05) is 91.9 Å². The van der Waals surface area contributed by atoms with Crippen molar-refractivity contribution in [1.82, 2.24) is 28.5 Å². The number of pyridine rings is 5. The molecule has 0 amide bonds. The van der Waals surface area contributed by atoms with E-state index in [1.165, 1.54) is 131 Å². The van der Waals surface area contributed by atoms with Crippen LogP contribution in [0.4, 0.5) is 0 Å². The molecule has 1 N–H and O–H groups in total. The minimum Gasteiger partial charge on any atom is -0.512 e. The Hall–Kier alpha value is -11.7. The van der Waals surface area contributed by atoms with Crippen LogP contribution in [0.1, 0.15) is 43.2 Å². The van der Waals surface area contributed by atoms with Crippen LogP contribution in [0.2, 0.25) is 0 Å². The summed E-state index contributed by atoms with van der Waals surface area (Å²) in [5, 5.41) is 15.1. The van der Waals surface area contributed by atoms with Gasteiger partial charge in [0.2, 0.25) is 5.69 Å². The molecule has 103 heavy (non-hydrogen) atoms. The van der Waals surface area contributed by atoms with Crippen LogP contribution >= 0.6 is 0 Å². The predicted octanol–water partition coefficient (Wildman–Crippen LogP) is 19.0. The van der Waals surface area contributed by atoms with E-state index in [4.69, 9.17) is 5.11 Å². The summed E-state index contributed by atoms with van der Waals surface area (Å²) in [6.07, 6.45) is 17.7. The van der Waals surface area contributed by atoms with Crippen molar-refractivity contribution in [2.24, 2.45) is 0 Å². The van der Waals surface area contributed by atoms with Gasteiger partial charge in [-0.1, -0.05) is 168 Å². The average Bonchev–Trinajstić information content (AvgIpc) is 1.55. The fourth-order valence-electron chi connectivity index (χ4n) is 13.9. The van der Waals surface area contributed by atoms with Crippen LogP contribution in [0.15, 0.2) is 328 Å². The third-order valence-electron chi connectivity index (χ3n) is 18.1. The molecule has 0 aliphatic carbocycles. The molecular formula is C90H73IrN9O2Pt+2. The van der Waals surface area contributed by atoms with Gasteiger partial charge in [0.1, 0.15) is 36.7 Å². The van der Waals surface area contributed by atoms with Crippen LogP contribution in [-0.2, 0) is 65.6 Å².